The number of allylic oxidation sites excluding steroid dienone is 2. The van der Waals surface area contributed by atoms with Gasteiger partial charge < -0.3 is 4.74 Å². The van der Waals surface area contributed by atoms with E-state index in [1.807, 2.05) is 0 Å². The van der Waals surface area contributed by atoms with Crippen LogP contribution in [0.15, 0.2) is 11.6 Å². The monoisotopic (exact) mass is 366 g/mol. The van der Waals surface area contributed by atoms with Crippen molar-refractivity contribution in [1.29, 1.82) is 0 Å². The molecule has 6 aliphatic carbocycles. The summed E-state index contributed by atoms with van der Waals surface area (Å²) >= 11 is 0. The van der Waals surface area contributed by atoms with Crippen molar-refractivity contribution in [1.82, 2.24) is 0 Å². The first-order valence-electron chi connectivity index (χ1n) is 11.4. The number of carbonyl (C=O) groups is 2. The van der Waals surface area contributed by atoms with Gasteiger partial charge in [-0.3, -0.25) is 9.59 Å². The summed E-state index contributed by atoms with van der Waals surface area (Å²) in [5, 5.41) is 0. The third-order valence-electron chi connectivity index (χ3n) is 10.7. The second-order valence-electron chi connectivity index (χ2n) is 11.4. The molecule has 6 fully saturated rings. The molecular weight excluding hydrogens is 336 g/mol. The minimum atomic E-state index is -0.0305. The molecule has 27 heavy (non-hydrogen) atoms. The van der Waals surface area contributed by atoms with Crippen LogP contribution in [0.1, 0.15) is 65.2 Å². The fraction of sp³-hybridized carbons (Fsp3) is 0.833. The highest BCUT2D eigenvalue weighted by molar-refractivity contribution is 5.91. The zero-order valence-electron chi connectivity index (χ0n) is 16.5. The predicted molar refractivity (Wildman–Crippen MR) is 99.5 cm³/mol. The molecule has 1 heterocycles. The second kappa shape index (κ2) is 4.39. The van der Waals surface area contributed by atoms with E-state index in [0.717, 1.165) is 24.7 Å². The number of rotatable bonds is 2. The Hall–Kier alpha value is -1.12. The van der Waals surface area contributed by atoms with Crippen LogP contribution in [0.25, 0.3) is 0 Å². The van der Waals surface area contributed by atoms with E-state index >= 15 is 0 Å². The number of carbonyl (C=O) groups excluding carboxylic acids is 2. The molecule has 7 aliphatic rings. The number of hydrogen-bond donors (Lipinski definition) is 0. The molecule has 9 atom stereocenters. The first-order valence-corrected chi connectivity index (χ1v) is 11.4. The summed E-state index contributed by atoms with van der Waals surface area (Å²) in [6, 6.07) is 0. The molecule has 3 heteroatoms. The summed E-state index contributed by atoms with van der Waals surface area (Å²) in [4.78, 5) is 24.2. The molecule has 2 spiro atoms. The molecule has 0 aromatic rings. The van der Waals surface area contributed by atoms with Gasteiger partial charge in [0.1, 0.15) is 5.60 Å². The third kappa shape index (κ3) is 1.54. The molecule has 0 N–H and O–H groups in total. The number of esters is 1. The first-order chi connectivity index (χ1) is 12.9. The fourth-order valence-corrected chi connectivity index (χ4v) is 9.71. The van der Waals surface area contributed by atoms with Crippen molar-refractivity contribution < 1.29 is 14.3 Å². The van der Waals surface area contributed by atoms with E-state index in [2.05, 4.69) is 19.9 Å². The van der Waals surface area contributed by atoms with Gasteiger partial charge in [-0.25, -0.2) is 0 Å². The van der Waals surface area contributed by atoms with Crippen molar-refractivity contribution in [3.8, 4) is 0 Å². The second-order valence-corrected chi connectivity index (χ2v) is 11.4. The third-order valence-corrected chi connectivity index (χ3v) is 10.7. The lowest BCUT2D eigenvalue weighted by molar-refractivity contribution is -0.152. The lowest BCUT2D eigenvalue weighted by Crippen LogP contribution is -2.46. The Morgan fingerprint density at radius 1 is 1.11 bits per heavy atom. The van der Waals surface area contributed by atoms with Crippen molar-refractivity contribution in [2.45, 2.75) is 70.8 Å². The van der Waals surface area contributed by atoms with E-state index in [1.54, 1.807) is 0 Å². The first kappa shape index (κ1) is 15.8. The average molecular weight is 367 g/mol. The van der Waals surface area contributed by atoms with E-state index in [4.69, 9.17) is 4.74 Å². The minimum Gasteiger partial charge on any atom is -0.458 e. The summed E-state index contributed by atoms with van der Waals surface area (Å²) in [6.45, 7) is 5.01. The van der Waals surface area contributed by atoms with Gasteiger partial charge in [0, 0.05) is 23.7 Å². The maximum Gasteiger partial charge on any atom is 0.306 e. The van der Waals surface area contributed by atoms with Crippen LogP contribution >= 0.6 is 0 Å². The molecule has 0 aromatic carbocycles. The smallest absolute Gasteiger partial charge is 0.306 e. The van der Waals surface area contributed by atoms with Crippen LogP contribution in [0.4, 0.5) is 0 Å². The Balaban J connectivity index is 1.26. The van der Waals surface area contributed by atoms with Gasteiger partial charge in [-0.1, -0.05) is 19.4 Å². The Morgan fingerprint density at radius 3 is 2.70 bits per heavy atom. The summed E-state index contributed by atoms with van der Waals surface area (Å²) in [5.74, 6) is 5.30. The van der Waals surface area contributed by atoms with Crippen molar-refractivity contribution in [2.24, 2.45) is 52.3 Å². The van der Waals surface area contributed by atoms with E-state index in [9.17, 15) is 9.59 Å². The Bertz CT molecular complexity index is 823. The lowest BCUT2D eigenvalue weighted by atomic mass is 9.52. The van der Waals surface area contributed by atoms with Crippen LogP contribution in [0.3, 0.4) is 0 Å². The standard InChI is InChI=1S/C24H30O3/c1-12-16(22(2)7-5-14(25)9-17(22)13-3-4-13)6-8-23-19-11-20(26)27-24(19,23)18-10-15(18)21(12)23/h9,12-13,15-16,18-19,21H,3-8,10-11H2,1-2H3/t12?,15-,16?,18+,19?,21?,22-,23-,24-/m1/s1. The molecule has 4 unspecified atom stereocenters. The normalized spacial score (nSPS) is 60.0. The van der Waals surface area contributed by atoms with E-state index < -0.39 is 0 Å². The van der Waals surface area contributed by atoms with Gasteiger partial charge in [-0.15, -0.1) is 0 Å². The minimum absolute atomic E-state index is 0.0305. The maximum absolute atomic E-state index is 12.2. The largest absolute Gasteiger partial charge is 0.458 e. The Labute approximate surface area is 161 Å². The highest BCUT2D eigenvalue weighted by atomic mass is 16.6. The Morgan fingerprint density at radius 2 is 1.93 bits per heavy atom. The molecular formula is C24H30O3. The molecule has 0 aromatic heterocycles. The average Bonchev–Trinajstić information content (AvgIpc) is 3.56. The zero-order chi connectivity index (χ0) is 18.3. The van der Waals surface area contributed by atoms with Crippen molar-refractivity contribution >= 4 is 11.8 Å². The quantitative estimate of drug-likeness (QED) is 0.684. The zero-order valence-corrected chi connectivity index (χ0v) is 16.5. The number of fused-ring (bicyclic) bond motifs is 2. The molecule has 0 radical (unpaired) electrons. The molecule has 1 aliphatic heterocycles. The number of ether oxygens (including phenoxy) is 1. The van der Waals surface area contributed by atoms with Crippen molar-refractivity contribution in [3.05, 3.63) is 11.6 Å². The maximum atomic E-state index is 12.2. The van der Waals surface area contributed by atoms with E-state index in [0.29, 0.717) is 47.2 Å². The lowest BCUT2D eigenvalue weighted by Gasteiger charge is -2.52. The summed E-state index contributed by atoms with van der Waals surface area (Å²) < 4.78 is 6.10. The van der Waals surface area contributed by atoms with Crippen molar-refractivity contribution in [3.63, 3.8) is 0 Å². The predicted octanol–water partition coefficient (Wildman–Crippen LogP) is 4.31. The number of ketones is 1. The van der Waals surface area contributed by atoms with Gasteiger partial charge in [0.25, 0.3) is 0 Å². The topological polar surface area (TPSA) is 43.4 Å². The van der Waals surface area contributed by atoms with Gasteiger partial charge in [-0.05, 0) is 79.6 Å². The van der Waals surface area contributed by atoms with Gasteiger partial charge >= 0.3 is 5.97 Å². The highest BCUT2D eigenvalue weighted by Gasteiger charge is 2.96. The summed E-state index contributed by atoms with van der Waals surface area (Å²) in [7, 11) is 0. The van der Waals surface area contributed by atoms with Crippen molar-refractivity contribution in [2.75, 3.05) is 0 Å². The molecule has 0 bridgehead atoms. The van der Waals surface area contributed by atoms with E-state index in [1.165, 1.54) is 37.7 Å². The van der Waals surface area contributed by atoms with Crippen LogP contribution in [0, 0.1) is 52.3 Å². The SMILES string of the molecule is CC1C2[C@@H]3C[C@@H]3[C@@]34OC(=O)CC3[C@]24CCC1[C@@]1(C)CCC(=O)C=C1C1CC1. The Kier molecular flexibility index (Phi) is 2.56. The highest BCUT2D eigenvalue weighted by Crippen LogP contribution is 2.92. The molecule has 1 saturated heterocycles. The van der Waals surface area contributed by atoms with Crippen LogP contribution in [-0.2, 0) is 14.3 Å². The molecule has 144 valence electrons. The molecule has 7 rings (SSSR count). The number of hydrogen-bond acceptors (Lipinski definition) is 3. The van der Waals surface area contributed by atoms with Crippen LogP contribution in [-0.4, -0.2) is 17.4 Å². The van der Waals surface area contributed by atoms with Crippen LogP contribution in [0.2, 0.25) is 0 Å². The summed E-state index contributed by atoms with van der Waals surface area (Å²) in [5.41, 5.74) is 2.04. The van der Waals surface area contributed by atoms with E-state index in [-0.39, 0.29) is 17.0 Å². The van der Waals surface area contributed by atoms with Crippen LogP contribution in [0.5, 0.6) is 0 Å². The molecule has 3 nitrogen and oxygen atoms in total. The van der Waals surface area contributed by atoms with Gasteiger partial charge in [0.15, 0.2) is 5.78 Å². The molecule has 5 saturated carbocycles. The molecule has 0 amide bonds. The van der Waals surface area contributed by atoms with Crippen LogP contribution < -0.4 is 0 Å². The van der Waals surface area contributed by atoms with Gasteiger partial charge in [-0.2, -0.15) is 0 Å². The van der Waals surface area contributed by atoms with Gasteiger partial charge in [0.05, 0.1) is 6.42 Å². The van der Waals surface area contributed by atoms with Gasteiger partial charge in [0.2, 0.25) is 0 Å². The fourth-order valence-electron chi connectivity index (χ4n) is 9.71. The summed E-state index contributed by atoms with van der Waals surface area (Å²) in [6.07, 6.45) is 10.9.